The molecule has 0 unspecified atom stereocenters. The molecule has 0 spiro atoms. The minimum atomic E-state index is 0.423. The van der Waals surface area contributed by atoms with Crippen molar-refractivity contribution in [3.63, 3.8) is 0 Å². The van der Waals surface area contributed by atoms with Crippen LogP contribution in [0.2, 0.25) is 0 Å². The Morgan fingerprint density at radius 1 is 1.44 bits per heavy atom. The van der Waals surface area contributed by atoms with Crippen molar-refractivity contribution < 1.29 is 4.74 Å². The number of ether oxygens (including phenoxy) is 1. The van der Waals surface area contributed by atoms with E-state index >= 15 is 0 Å². The van der Waals surface area contributed by atoms with Crippen LogP contribution >= 0.6 is 15.9 Å². The molecular formula is C11H16BrN3O. The SMILES string of the molecule is CCOC1CCN(c2cc(Br)ncn2)CC1. The van der Waals surface area contributed by atoms with Crippen LogP contribution in [-0.4, -0.2) is 35.8 Å². The standard InChI is InChI=1S/C11H16BrN3O/c1-2-16-9-3-5-15(6-4-9)11-7-10(12)13-8-14-11/h7-9H,2-6H2,1H3. The van der Waals surface area contributed by atoms with Gasteiger partial charge in [-0.3, -0.25) is 0 Å². The first-order valence-corrected chi connectivity index (χ1v) is 6.43. The van der Waals surface area contributed by atoms with Gasteiger partial charge >= 0.3 is 0 Å². The Bertz CT molecular complexity index is 340. The second-order valence-electron chi connectivity index (χ2n) is 3.84. The Hall–Kier alpha value is -0.680. The van der Waals surface area contributed by atoms with Crippen molar-refractivity contribution in [3.05, 3.63) is 17.0 Å². The highest BCUT2D eigenvalue weighted by atomic mass is 79.9. The van der Waals surface area contributed by atoms with Crippen molar-refractivity contribution in [2.24, 2.45) is 0 Å². The van der Waals surface area contributed by atoms with E-state index in [9.17, 15) is 0 Å². The fourth-order valence-electron chi connectivity index (χ4n) is 1.98. The number of anilines is 1. The van der Waals surface area contributed by atoms with E-state index in [1.54, 1.807) is 6.33 Å². The average molecular weight is 286 g/mol. The topological polar surface area (TPSA) is 38.2 Å². The Morgan fingerprint density at radius 2 is 2.19 bits per heavy atom. The van der Waals surface area contributed by atoms with Crippen molar-refractivity contribution in [3.8, 4) is 0 Å². The highest BCUT2D eigenvalue weighted by Gasteiger charge is 2.20. The van der Waals surface area contributed by atoms with Crippen molar-refractivity contribution >= 4 is 21.7 Å². The van der Waals surface area contributed by atoms with E-state index in [4.69, 9.17) is 4.74 Å². The van der Waals surface area contributed by atoms with E-state index in [1.807, 2.05) is 13.0 Å². The van der Waals surface area contributed by atoms with Gasteiger partial charge in [0.25, 0.3) is 0 Å². The molecule has 16 heavy (non-hydrogen) atoms. The molecule has 0 N–H and O–H groups in total. The molecule has 1 aliphatic rings. The Morgan fingerprint density at radius 3 is 2.81 bits per heavy atom. The van der Waals surface area contributed by atoms with E-state index < -0.39 is 0 Å². The van der Waals surface area contributed by atoms with E-state index in [1.165, 1.54) is 0 Å². The van der Waals surface area contributed by atoms with Gasteiger partial charge in [-0.15, -0.1) is 0 Å². The first kappa shape index (κ1) is 11.8. The zero-order chi connectivity index (χ0) is 11.4. The van der Waals surface area contributed by atoms with Crippen LogP contribution in [0.15, 0.2) is 17.0 Å². The summed E-state index contributed by atoms with van der Waals surface area (Å²) < 4.78 is 6.46. The number of hydrogen-bond acceptors (Lipinski definition) is 4. The molecule has 1 saturated heterocycles. The molecule has 0 aromatic carbocycles. The molecule has 5 heteroatoms. The number of piperidine rings is 1. The predicted molar refractivity (Wildman–Crippen MR) is 66.6 cm³/mol. The first-order valence-electron chi connectivity index (χ1n) is 5.63. The number of aromatic nitrogens is 2. The van der Waals surface area contributed by atoms with Crippen LogP contribution in [0.3, 0.4) is 0 Å². The molecular weight excluding hydrogens is 270 g/mol. The minimum absolute atomic E-state index is 0.423. The molecule has 0 aliphatic carbocycles. The third-order valence-corrected chi connectivity index (χ3v) is 3.22. The van der Waals surface area contributed by atoms with E-state index in [0.717, 1.165) is 43.0 Å². The predicted octanol–water partition coefficient (Wildman–Crippen LogP) is 2.24. The maximum atomic E-state index is 5.62. The highest BCUT2D eigenvalue weighted by Crippen LogP contribution is 2.20. The van der Waals surface area contributed by atoms with Gasteiger partial charge in [-0.25, -0.2) is 9.97 Å². The van der Waals surface area contributed by atoms with Crippen LogP contribution in [0.4, 0.5) is 5.82 Å². The van der Waals surface area contributed by atoms with Gasteiger partial charge < -0.3 is 9.64 Å². The molecule has 4 nitrogen and oxygen atoms in total. The molecule has 1 fully saturated rings. The van der Waals surface area contributed by atoms with Crippen LogP contribution in [0.25, 0.3) is 0 Å². The van der Waals surface area contributed by atoms with Crippen LogP contribution in [0.1, 0.15) is 19.8 Å². The number of nitrogens with zero attached hydrogens (tertiary/aromatic N) is 3. The van der Waals surface area contributed by atoms with Gasteiger partial charge in [0.15, 0.2) is 0 Å². The number of hydrogen-bond donors (Lipinski definition) is 0. The Labute approximate surface area is 104 Å². The van der Waals surface area contributed by atoms with Gasteiger partial charge in [-0.05, 0) is 35.7 Å². The molecule has 1 aromatic rings. The molecule has 88 valence electrons. The summed E-state index contributed by atoms with van der Waals surface area (Å²) in [6, 6.07) is 1.96. The minimum Gasteiger partial charge on any atom is -0.378 e. The summed E-state index contributed by atoms with van der Waals surface area (Å²) in [7, 11) is 0. The van der Waals surface area contributed by atoms with Crippen molar-refractivity contribution in [2.45, 2.75) is 25.9 Å². The molecule has 2 heterocycles. The molecule has 1 aliphatic heterocycles. The third-order valence-electron chi connectivity index (χ3n) is 2.79. The Kier molecular flexibility index (Phi) is 4.12. The van der Waals surface area contributed by atoms with E-state index in [2.05, 4.69) is 30.8 Å². The zero-order valence-electron chi connectivity index (χ0n) is 9.40. The maximum absolute atomic E-state index is 5.62. The Balaban J connectivity index is 1.94. The monoisotopic (exact) mass is 285 g/mol. The lowest BCUT2D eigenvalue weighted by Crippen LogP contribution is -2.37. The first-order chi connectivity index (χ1) is 7.79. The number of halogens is 1. The smallest absolute Gasteiger partial charge is 0.133 e. The van der Waals surface area contributed by atoms with Crippen LogP contribution in [0, 0.1) is 0 Å². The second kappa shape index (κ2) is 5.59. The van der Waals surface area contributed by atoms with Crippen molar-refractivity contribution in [2.75, 3.05) is 24.6 Å². The van der Waals surface area contributed by atoms with E-state index in [0.29, 0.717) is 6.10 Å². The largest absolute Gasteiger partial charge is 0.378 e. The quantitative estimate of drug-likeness (QED) is 0.799. The molecule has 0 radical (unpaired) electrons. The lowest BCUT2D eigenvalue weighted by atomic mass is 10.1. The van der Waals surface area contributed by atoms with E-state index in [-0.39, 0.29) is 0 Å². The molecule has 2 rings (SSSR count). The van der Waals surface area contributed by atoms with Crippen molar-refractivity contribution in [1.29, 1.82) is 0 Å². The zero-order valence-corrected chi connectivity index (χ0v) is 11.0. The summed E-state index contributed by atoms with van der Waals surface area (Å²) in [5.74, 6) is 0.997. The fourth-order valence-corrected chi connectivity index (χ4v) is 2.28. The lowest BCUT2D eigenvalue weighted by Gasteiger charge is -2.32. The molecule has 0 atom stereocenters. The maximum Gasteiger partial charge on any atom is 0.133 e. The molecule has 1 aromatic heterocycles. The summed E-state index contributed by atoms with van der Waals surface area (Å²) in [6.45, 7) is 4.87. The van der Waals surface area contributed by atoms with Gasteiger partial charge in [0.05, 0.1) is 6.10 Å². The average Bonchev–Trinajstić information content (AvgIpc) is 2.30. The normalized spacial score (nSPS) is 17.8. The molecule has 0 bridgehead atoms. The van der Waals surface area contributed by atoms with Gasteiger partial charge in [0.2, 0.25) is 0 Å². The summed E-state index contributed by atoms with van der Waals surface area (Å²) in [4.78, 5) is 10.6. The summed E-state index contributed by atoms with van der Waals surface area (Å²) >= 11 is 3.36. The van der Waals surface area contributed by atoms with Crippen LogP contribution < -0.4 is 4.90 Å². The van der Waals surface area contributed by atoms with Gasteiger partial charge in [-0.2, -0.15) is 0 Å². The summed E-state index contributed by atoms with van der Waals surface area (Å²) in [5, 5.41) is 0. The number of rotatable bonds is 3. The highest BCUT2D eigenvalue weighted by molar-refractivity contribution is 9.10. The lowest BCUT2D eigenvalue weighted by molar-refractivity contribution is 0.0458. The summed E-state index contributed by atoms with van der Waals surface area (Å²) in [6.07, 6.45) is 4.17. The van der Waals surface area contributed by atoms with Crippen LogP contribution in [0.5, 0.6) is 0 Å². The van der Waals surface area contributed by atoms with Crippen LogP contribution in [-0.2, 0) is 4.74 Å². The van der Waals surface area contributed by atoms with Crippen molar-refractivity contribution in [1.82, 2.24) is 9.97 Å². The van der Waals surface area contributed by atoms with Gasteiger partial charge in [0, 0.05) is 25.8 Å². The third kappa shape index (κ3) is 2.92. The molecule has 0 saturated carbocycles. The second-order valence-corrected chi connectivity index (χ2v) is 4.65. The fraction of sp³-hybridized carbons (Fsp3) is 0.636. The van der Waals surface area contributed by atoms with Gasteiger partial charge in [-0.1, -0.05) is 0 Å². The summed E-state index contributed by atoms with van der Waals surface area (Å²) in [5.41, 5.74) is 0. The molecule has 0 amide bonds. The van der Waals surface area contributed by atoms with Gasteiger partial charge in [0.1, 0.15) is 16.7 Å².